The van der Waals surface area contributed by atoms with E-state index in [1.54, 1.807) is 20.7 Å². The van der Waals surface area contributed by atoms with Crippen LogP contribution in [-0.4, -0.2) is 26.5 Å². The van der Waals surface area contributed by atoms with Gasteiger partial charge >= 0.3 is 38.2 Å². The Bertz CT molecular complexity index is 57.9. The van der Waals surface area contributed by atoms with Gasteiger partial charge in [-0.1, -0.05) is 0 Å². The Balaban J connectivity index is 3.20. The van der Waals surface area contributed by atoms with E-state index in [1.807, 2.05) is 0 Å². The van der Waals surface area contributed by atoms with Gasteiger partial charge in [0.15, 0.2) is 0 Å². The molecule has 0 radical (unpaired) electrons. The molecule has 0 aliphatic carbocycles. The molecule has 2 heteroatoms. The second-order valence-corrected chi connectivity index (χ2v) is 1.22. The second kappa shape index (κ2) is 2.32. The van der Waals surface area contributed by atoms with Gasteiger partial charge in [0.2, 0.25) is 0 Å². The normalized spacial score (nSPS) is 6.40. The number of rotatable bonds is 1. The van der Waals surface area contributed by atoms with Crippen LogP contribution in [-0.2, 0) is 4.79 Å². The molecule has 0 fully saturated rings. The van der Waals surface area contributed by atoms with E-state index in [-0.39, 0.29) is 5.78 Å². The van der Waals surface area contributed by atoms with Crippen LogP contribution in [0.3, 0.4) is 0 Å². The summed E-state index contributed by atoms with van der Waals surface area (Å²) in [6, 6.07) is 0. The van der Waals surface area contributed by atoms with Crippen molar-refractivity contribution in [1.29, 1.82) is 0 Å². The van der Waals surface area contributed by atoms with Gasteiger partial charge in [0, 0.05) is 0 Å². The Hall–Kier alpha value is 0.0725. The van der Waals surface area contributed by atoms with Gasteiger partial charge in [0.25, 0.3) is 0 Å². The summed E-state index contributed by atoms with van der Waals surface area (Å²) < 4.78 is 0. The van der Waals surface area contributed by atoms with Crippen molar-refractivity contribution in [1.82, 2.24) is 0 Å². The fourth-order valence-corrected chi connectivity index (χ4v) is 0. The molecule has 0 aliphatic rings. The molecule has 0 rings (SSSR count). The van der Waals surface area contributed by atoms with Crippen molar-refractivity contribution in [3.63, 3.8) is 0 Å². The average Bonchev–Trinajstić information content (AvgIpc) is 1.38. The van der Waals surface area contributed by atoms with Crippen LogP contribution in [0.15, 0.2) is 0 Å². The molecule has 0 heterocycles. The van der Waals surface area contributed by atoms with Crippen molar-refractivity contribution in [3.05, 3.63) is 0 Å². The zero-order valence-electron chi connectivity index (χ0n) is 3.19. The number of carbonyl (C=O) groups excluding carboxylic acids is 1. The summed E-state index contributed by atoms with van der Waals surface area (Å²) in [5, 5.41) is 0. The van der Waals surface area contributed by atoms with Crippen LogP contribution >= 0.6 is 0 Å². The molecular formula is C3H5AlO. The van der Waals surface area contributed by atoms with E-state index < -0.39 is 0 Å². The third kappa shape index (κ3) is 4.07. The Kier molecular flexibility index (Phi) is 2.35. The predicted octanol–water partition coefficient (Wildman–Crippen LogP) is -0.722. The topological polar surface area (TPSA) is 17.1 Å². The summed E-state index contributed by atoms with van der Waals surface area (Å²) in [5.41, 5.74) is 0. The maximum atomic E-state index is 9.76. The fourth-order valence-electron chi connectivity index (χ4n) is 0. The maximum absolute atomic E-state index is 9.76. The molecule has 0 aromatic carbocycles. The quantitative estimate of drug-likeness (QED) is 0.383. The molecule has 0 aromatic rings. The first-order chi connectivity index (χ1) is 2.27. The molecule has 0 aliphatic heterocycles. The summed E-state index contributed by atoms with van der Waals surface area (Å²) in [7, 11) is 0. The Morgan fingerprint density at radius 1 is 2.00 bits per heavy atom. The summed E-state index contributed by atoms with van der Waals surface area (Å²) in [4.78, 5) is 11.3. The van der Waals surface area contributed by atoms with Crippen molar-refractivity contribution in [3.8, 4) is 0 Å². The van der Waals surface area contributed by atoms with E-state index in [1.165, 1.54) is 6.92 Å². The standard InChI is InChI=1S/C3H4O.Al.H/c1-3(2)4;;/h1H,2H3;;. The number of carbonyl (C=O) groups is 1. The van der Waals surface area contributed by atoms with Crippen molar-refractivity contribution in [2.45, 2.75) is 6.92 Å². The Morgan fingerprint density at radius 2 is 2.20 bits per heavy atom. The monoisotopic (exact) mass is 84.0 g/mol. The van der Waals surface area contributed by atoms with Gasteiger partial charge in [-0.05, 0) is 0 Å². The number of ketones is 1. The third-order valence-corrected chi connectivity index (χ3v) is 0.862. The van der Waals surface area contributed by atoms with E-state index in [9.17, 15) is 4.79 Å². The van der Waals surface area contributed by atoms with Crippen LogP contribution in [0.5, 0.6) is 0 Å². The molecule has 0 saturated carbocycles. The minimum atomic E-state index is 0.142. The van der Waals surface area contributed by atoms with Crippen LogP contribution in [0.1, 0.15) is 6.92 Å². The molecule has 0 unspecified atom stereocenters. The van der Waals surface area contributed by atoms with E-state index in [4.69, 9.17) is 0 Å². The molecule has 0 N–H and O–H groups in total. The summed E-state index contributed by atoms with van der Waals surface area (Å²) in [6.45, 7) is 1.53. The van der Waals surface area contributed by atoms with Crippen LogP contribution in [0.25, 0.3) is 0 Å². The van der Waals surface area contributed by atoms with Crippen LogP contribution in [0.2, 0.25) is 0 Å². The van der Waals surface area contributed by atoms with Crippen LogP contribution < -0.4 is 0 Å². The van der Waals surface area contributed by atoms with Gasteiger partial charge in [-0.15, -0.1) is 0 Å². The Morgan fingerprint density at radius 3 is 2.20 bits per heavy atom. The van der Waals surface area contributed by atoms with Gasteiger partial charge in [0.1, 0.15) is 0 Å². The molecule has 1 nitrogen and oxygen atoms in total. The summed E-state index contributed by atoms with van der Waals surface area (Å²) in [5.74, 6) is 0.142. The van der Waals surface area contributed by atoms with E-state index in [0.29, 0.717) is 0 Å². The summed E-state index contributed by atoms with van der Waals surface area (Å²) >= 11 is 1.56. The average molecular weight is 84.1 g/mol. The predicted molar refractivity (Wildman–Crippen MR) is 23.9 cm³/mol. The van der Waals surface area contributed by atoms with Crippen LogP contribution in [0.4, 0.5) is 0 Å². The summed E-state index contributed by atoms with van der Waals surface area (Å²) in [6.07, 6.45) is 0. The van der Waals surface area contributed by atoms with Crippen molar-refractivity contribution in [2.75, 3.05) is 0 Å². The van der Waals surface area contributed by atoms with Crippen LogP contribution in [0, 0.1) is 0 Å². The van der Waals surface area contributed by atoms with Gasteiger partial charge in [-0.25, -0.2) is 0 Å². The second-order valence-electron chi connectivity index (χ2n) is 0.815. The molecule has 0 saturated heterocycles. The van der Waals surface area contributed by atoms with Gasteiger partial charge in [-0.2, -0.15) is 0 Å². The zero-order chi connectivity index (χ0) is 4.28. The first kappa shape index (κ1) is 5.07. The van der Waals surface area contributed by atoms with Crippen molar-refractivity contribution in [2.24, 2.45) is 0 Å². The molecule has 0 bridgehead atoms. The molecule has 5 heavy (non-hydrogen) atoms. The van der Waals surface area contributed by atoms with Gasteiger partial charge in [0.05, 0.1) is 0 Å². The Labute approximate surface area is 39.0 Å². The van der Waals surface area contributed by atoms with Crippen molar-refractivity contribution < 1.29 is 4.79 Å². The fraction of sp³-hybridized carbons (Fsp3) is 0.333. The molecule has 0 atom stereocenters. The molecular weight excluding hydrogens is 79.0 g/mol. The van der Waals surface area contributed by atoms with Gasteiger partial charge < -0.3 is 0 Å². The van der Waals surface area contributed by atoms with Crippen molar-refractivity contribution >= 4 is 26.5 Å². The number of Topliss-reactive ketones (excluding diaryl/α,β-unsaturated/α-hetero) is 1. The minimum absolute atomic E-state index is 0.142. The zero-order valence-corrected chi connectivity index (χ0v) is 4.61. The van der Waals surface area contributed by atoms with E-state index >= 15 is 0 Å². The number of hydrogen-bond acceptors (Lipinski definition) is 1. The van der Waals surface area contributed by atoms with E-state index in [0.717, 1.165) is 0 Å². The molecule has 0 aromatic heterocycles. The SMILES string of the molecule is CC(=O)[CH]=[AlH]. The molecule has 0 amide bonds. The van der Waals surface area contributed by atoms with Gasteiger partial charge in [-0.3, -0.25) is 0 Å². The molecule has 26 valence electrons. The third-order valence-electron chi connectivity index (χ3n) is 0.287. The first-order valence-corrected chi connectivity index (χ1v) is 2.22. The van der Waals surface area contributed by atoms with E-state index in [2.05, 4.69) is 0 Å². The number of hydrogen-bond donors (Lipinski definition) is 0. The first-order valence-electron chi connectivity index (χ1n) is 1.40. The molecule has 0 spiro atoms.